The summed E-state index contributed by atoms with van der Waals surface area (Å²) >= 11 is 0. The minimum absolute atomic E-state index is 0.683. The van der Waals surface area contributed by atoms with Gasteiger partial charge in [-0.15, -0.1) is 0 Å². The van der Waals surface area contributed by atoms with Gasteiger partial charge in [0.15, 0.2) is 5.82 Å². The largest absolute Gasteiger partial charge is 0.456 e. The number of aromatic nitrogens is 2. The molecule has 0 spiro atoms. The lowest BCUT2D eigenvalue weighted by Crippen LogP contribution is -1.96. The number of furan rings is 1. The van der Waals surface area contributed by atoms with Crippen LogP contribution in [0, 0.1) is 0 Å². The Morgan fingerprint density at radius 1 is 0.262 bits per heavy atom. The molecule has 0 unspecified atom stereocenters. The first-order chi connectivity index (χ1) is 32.2. The van der Waals surface area contributed by atoms with E-state index >= 15 is 0 Å². The molecule has 0 amide bonds. The van der Waals surface area contributed by atoms with Crippen molar-refractivity contribution in [3.8, 4) is 67.3 Å². The topological polar surface area (TPSA) is 38.9 Å². The standard InChI is InChI=1S/C62H38N2O/c1-2-13-44(14-3-1)62-63-57(38-58(64-62)46-31-32-53-52-20-10-11-21-59(52)65-60(53)37-46)43-28-24-40(25-29-43)39-22-26-42(27-23-39)48-34-35-54(51-19-9-8-18-50(48)51)61-49-17-7-5-15-45(49)36-56-47-16-6-4-12-41(47)30-33-55(56)61/h1-38H. The van der Waals surface area contributed by atoms with Gasteiger partial charge in [0.2, 0.25) is 0 Å². The van der Waals surface area contributed by atoms with Gasteiger partial charge >= 0.3 is 0 Å². The molecule has 0 saturated carbocycles. The molecule has 0 bridgehead atoms. The Balaban J connectivity index is 0.851. The van der Waals surface area contributed by atoms with E-state index in [1.54, 1.807) is 0 Å². The number of hydrogen-bond acceptors (Lipinski definition) is 3. The van der Waals surface area contributed by atoms with Gasteiger partial charge in [-0.25, -0.2) is 9.97 Å². The Hall–Kier alpha value is -8.66. The Morgan fingerprint density at radius 2 is 0.800 bits per heavy atom. The first-order valence-electron chi connectivity index (χ1n) is 22.1. The van der Waals surface area contributed by atoms with Crippen molar-refractivity contribution in [3.63, 3.8) is 0 Å². The quantitative estimate of drug-likeness (QED) is 0.124. The number of nitrogens with zero attached hydrogens (tertiary/aromatic N) is 2. The highest BCUT2D eigenvalue weighted by Crippen LogP contribution is 2.44. The van der Waals surface area contributed by atoms with E-state index in [2.05, 4.69) is 194 Å². The fraction of sp³-hybridized carbons (Fsp3) is 0. The van der Waals surface area contributed by atoms with Gasteiger partial charge in [0, 0.05) is 27.5 Å². The van der Waals surface area contributed by atoms with Crippen molar-refractivity contribution in [3.05, 3.63) is 231 Å². The monoisotopic (exact) mass is 826 g/mol. The predicted octanol–water partition coefficient (Wildman–Crippen LogP) is 17.0. The van der Waals surface area contributed by atoms with Crippen LogP contribution in [-0.4, -0.2) is 9.97 Å². The van der Waals surface area contributed by atoms with E-state index in [4.69, 9.17) is 14.4 Å². The molecule has 302 valence electrons. The Labute approximate surface area is 375 Å². The second-order valence-electron chi connectivity index (χ2n) is 16.9. The molecule has 0 atom stereocenters. The molecule has 3 nitrogen and oxygen atoms in total. The second kappa shape index (κ2) is 15.0. The van der Waals surface area contributed by atoms with Crippen LogP contribution in [0.5, 0.6) is 0 Å². The average molecular weight is 827 g/mol. The maximum atomic E-state index is 6.27. The molecule has 0 aliphatic heterocycles. The fourth-order valence-electron chi connectivity index (χ4n) is 9.90. The summed E-state index contributed by atoms with van der Waals surface area (Å²) in [4.78, 5) is 10.2. The molecule has 0 aliphatic carbocycles. The van der Waals surface area contributed by atoms with E-state index < -0.39 is 0 Å². The summed E-state index contributed by atoms with van der Waals surface area (Å²) < 4.78 is 6.27. The van der Waals surface area contributed by atoms with Gasteiger partial charge in [-0.3, -0.25) is 0 Å². The minimum Gasteiger partial charge on any atom is -0.456 e. The lowest BCUT2D eigenvalue weighted by molar-refractivity contribution is 0.669. The zero-order chi connectivity index (χ0) is 42.8. The molecule has 0 radical (unpaired) electrons. The third kappa shape index (κ3) is 6.28. The van der Waals surface area contributed by atoms with Gasteiger partial charge < -0.3 is 4.42 Å². The van der Waals surface area contributed by atoms with Gasteiger partial charge in [0.1, 0.15) is 11.2 Å². The number of fused-ring (bicyclic) bond motifs is 8. The van der Waals surface area contributed by atoms with Crippen LogP contribution < -0.4 is 0 Å². The summed E-state index contributed by atoms with van der Waals surface area (Å²) in [5.74, 6) is 0.683. The highest BCUT2D eigenvalue weighted by molar-refractivity contribution is 6.23. The molecule has 0 saturated heterocycles. The van der Waals surface area contributed by atoms with E-state index in [0.29, 0.717) is 5.82 Å². The molecule has 2 aromatic heterocycles. The van der Waals surface area contributed by atoms with Gasteiger partial charge in [-0.1, -0.05) is 200 Å². The predicted molar refractivity (Wildman–Crippen MR) is 272 cm³/mol. The van der Waals surface area contributed by atoms with Crippen LogP contribution in [0.25, 0.3) is 132 Å². The van der Waals surface area contributed by atoms with Crippen LogP contribution in [0.2, 0.25) is 0 Å². The smallest absolute Gasteiger partial charge is 0.160 e. The van der Waals surface area contributed by atoms with Crippen LogP contribution in [0.4, 0.5) is 0 Å². The fourth-order valence-corrected chi connectivity index (χ4v) is 9.90. The summed E-state index contributed by atoms with van der Waals surface area (Å²) in [6.45, 7) is 0. The van der Waals surface area contributed by atoms with E-state index in [1.807, 2.05) is 36.4 Å². The Morgan fingerprint density at radius 3 is 1.57 bits per heavy atom. The molecule has 0 aliphatic rings. The zero-order valence-corrected chi connectivity index (χ0v) is 35.2. The lowest BCUT2D eigenvalue weighted by atomic mass is 9.86. The van der Waals surface area contributed by atoms with Crippen molar-refractivity contribution < 1.29 is 4.42 Å². The van der Waals surface area contributed by atoms with Crippen LogP contribution in [0.3, 0.4) is 0 Å². The van der Waals surface area contributed by atoms with E-state index in [0.717, 1.165) is 61.1 Å². The van der Waals surface area contributed by atoms with Gasteiger partial charge in [-0.05, 0) is 107 Å². The van der Waals surface area contributed by atoms with Gasteiger partial charge in [0.25, 0.3) is 0 Å². The molecular formula is C62H38N2O. The number of benzene rings is 11. The van der Waals surface area contributed by atoms with Crippen LogP contribution in [-0.2, 0) is 0 Å². The van der Waals surface area contributed by atoms with Crippen LogP contribution in [0.15, 0.2) is 235 Å². The van der Waals surface area contributed by atoms with Crippen molar-refractivity contribution in [2.24, 2.45) is 0 Å². The minimum atomic E-state index is 0.683. The SMILES string of the molecule is c1ccc(-c2nc(-c3ccc(-c4ccc(-c5ccc(-c6c7ccccc7cc7c6ccc6ccccc67)c6ccccc56)cc4)cc3)cc(-c3ccc4c(c3)oc3ccccc34)n2)cc1. The summed E-state index contributed by atoms with van der Waals surface area (Å²) in [7, 11) is 0. The maximum absolute atomic E-state index is 6.27. The summed E-state index contributed by atoms with van der Waals surface area (Å²) in [6, 6.07) is 82.5. The highest BCUT2D eigenvalue weighted by atomic mass is 16.3. The third-order valence-electron chi connectivity index (χ3n) is 13.1. The number of rotatable bonds is 6. The lowest BCUT2D eigenvalue weighted by Gasteiger charge is -2.17. The van der Waals surface area contributed by atoms with Crippen molar-refractivity contribution in [2.75, 3.05) is 0 Å². The maximum Gasteiger partial charge on any atom is 0.160 e. The van der Waals surface area contributed by atoms with E-state index in [9.17, 15) is 0 Å². The molecule has 2 heterocycles. The van der Waals surface area contributed by atoms with E-state index in [1.165, 1.54) is 65.3 Å². The molecule has 13 aromatic rings. The Kier molecular flexibility index (Phi) is 8.53. The molecule has 65 heavy (non-hydrogen) atoms. The van der Waals surface area contributed by atoms with Crippen molar-refractivity contribution >= 4 is 65.0 Å². The third-order valence-corrected chi connectivity index (χ3v) is 13.1. The number of hydrogen-bond donors (Lipinski definition) is 0. The Bertz CT molecular complexity index is 3980. The van der Waals surface area contributed by atoms with Crippen LogP contribution in [0.1, 0.15) is 0 Å². The first-order valence-corrected chi connectivity index (χ1v) is 22.1. The summed E-state index contributed by atoms with van der Waals surface area (Å²) in [5.41, 5.74) is 13.6. The molecule has 3 heteroatoms. The first kappa shape index (κ1) is 36.9. The molecule has 0 N–H and O–H groups in total. The van der Waals surface area contributed by atoms with Gasteiger partial charge in [0.05, 0.1) is 11.4 Å². The molecule has 11 aromatic carbocycles. The average Bonchev–Trinajstić information content (AvgIpc) is 3.76. The van der Waals surface area contributed by atoms with Crippen molar-refractivity contribution in [1.29, 1.82) is 0 Å². The van der Waals surface area contributed by atoms with E-state index in [-0.39, 0.29) is 0 Å². The summed E-state index contributed by atoms with van der Waals surface area (Å²) in [5, 5.41) is 12.3. The molecule has 13 rings (SSSR count). The zero-order valence-electron chi connectivity index (χ0n) is 35.2. The summed E-state index contributed by atoms with van der Waals surface area (Å²) in [6.07, 6.45) is 0. The molecule has 0 fully saturated rings. The number of para-hydroxylation sites is 1. The molecular weight excluding hydrogens is 789 g/mol. The van der Waals surface area contributed by atoms with Crippen LogP contribution >= 0.6 is 0 Å². The normalized spacial score (nSPS) is 11.7. The highest BCUT2D eigenvalue weighted by Gasteiger charge is 2.17. The van der Waals surface area contributed by atoms with Crippen molar-refractivity contribution in [1.82, 2.24) is 9.97 Å². The second-order valence-corrected chi connectivity index (χ2v) is 16.9. The van der Waals surface area contributed by atoms with Gasteiger partial charge in [-0.2, -0.15) is 0 Å². The van der Waals surface area contributed by atoms with Crippen molar-refractivity contribution in [2.45, 2.75) is 0 Å².